The second kappa shape index (κ2) is 5.60. The number of aryl methyl sites for hydroxylation is 3. The highest BCUT2D eigenvalue weighted by molar-refractivity contribution is 5.75. The fourth-order valence-electron chi connectivity index (χ4n) is 1.40. The fourth-order valence-corrected chi connectivity index (χ4v) is 1.40. The van der Waals surface area contributed by atoms with Gasteiger partial charge in [0.05, 0.1) is 6.61 Å². The summed E-state index contributed by atoms with van der Waals surface area (Å²) in [5.41, 5.74) is 5.67. The Bertz CT molecular complexity index is 362. The van der Waals surface area contributed by atoms with Crippen LogP contribution in [0.15, 0.2) is 0 Å². The first-order chi connectivity index (χ1) is 7.54. The maximum atomic E-state index is 11.3. The van der Waals surface area contributed by atoms with Gasteiger partial charge >= 0.3 is 5.97 Å². The number of carbonyl (C=O) groups excluding carboxylic acids is 1. The van der Waals surface area contributed by atoms with Crippen molar-refractivity contribution in [3.63, 3.8) is 0 Å². The Labute approximate surface area is 94.8 Å². The predicted molar refractivity (Wildman–Crippen MR) is 58.7 cm³/mol. The number of ether oxygens (including phenoxy) is 1. The lowest BCUT2D eigenvalue weighted by atomic mass is 10.2. The van der Waals surface area contributed by atoms with E-state index < -0.39 is 6.04 Å². The van der Waals surface area contributed by atoms with Crippen LogP contribution in [0, 0.1) is 13.8 Å². The van der Waals surface area contributed by atoms with Gasteiger partial charge in [0.25, 0.3) is 0 Å². The van der Waals surface area contributed by atoms with Gasteiger partial charge in [0.2, 0.25) is 0 Å². The molecule has 0 aliphatic heterocycles. The summed E-state index contributed by atoms with van der Waals surface area (Å²) >= 11 is 0. The molecule has 2 N–H and O–H groups in total. The van der Waals surface area contributed by atoms with Crippen LogP contribution in [0.5, 0.6) is 0 Å². The zero-order chi connectivity index (χ0) is 12.1. The highest BCUT2D eigenvalue weighted by atomic mass is 16.5. The molecule has 0 aliphatic carbocycles. The van der Waals surface area contributed by atoms with E-state index in [2.05, 4.69) is 10.1 Å². The Morgan fingerprint density at radius 3 is 2.75 bits per heavy atom. The summed E-state index contributed by atoms with van der Waals surface area (Å²) in [5, 5.41) is 4.19. The summed E-state index contributed by atoms with van der Waals surface area (Å²) in [6.45, 7) is 6.39. The van der Waals surface area contributed by atoms with Crippen molar-refractivity contribution < 1.29 is 9.53 Å². The van der Waals surface area contributed by atoms with Crippen LogP contribution in [0.3, 0.4) is 0 Å². The third-order valence-corrected chi connectivity index (χ3v) is 2.20. The molecule has 1 aromatic heterocycles. The van der Waals surface area contributed by atoms with Crippen LogP contribution >= 0.6 is 0 Å². The van der Waals surface area contributed by atoms with Crippen molar-refractivity contribution in [2.45, 2.75) is 39.8 Å². The van der Waals surface area contributed by atoms with Gasteiger partial charge in [-0.05, 0) is 27.2 Å². The molecule has 6 heteroatoms. The molecule has 0 aromatic carbocycles. The van der Waals surface area contributed by atoms with Gasteiger partial charge in [-0.3, -0.25) is 9.48 Å². The largest absolute Gasteiger partial charge is 0.465 e. The van der Waals surface area contributed by atoms with Crippen LogP contribution in [0.4, 0.5) is 0 Å². The molecule has 0 saturated heterocycles. The maximum absolute atomic E-state index is 11.3. The third-order valence-electron chi connectivity index (χ3n) is 2.20. The van der Waals surface area contributed by atoms with E-state index in [-0.39, 0.29) is 5.97 Å². The number of nitrogens with two attached hydrogens (primary N) is 1. The lowest BCUT2D eigenvalue weighted by molar-refractivity contribution is -0.144. The monoisotopic (exact) mass is 226 g/mol. The quantitative estimate of drug-likeness (QED) is 0.724. The molecule has 0 fully saturated rings. The zero-order valence-corrected chi connectivity index (χ0v) is 9.93. The second-order valence-electron chi connectivity index (χ2n) is 3.58. The van der Waals surface area contributed by atoms with Crippen molar-refractivity contribution >= 4 is 5.97 Å². The molecule has 0 aliphatic rings. The molecule has 0 amide bonds. The molecule has 90 valence electrons. The molecule has 0 radical (unpaired) electrons. The molecular formula is C10H18N4O2. The average Bonchev–Trinajstić information content (AvgIpc) is 2.54. The lowest BCUT2D eigenvalue weighted by Crippen LogP contribution is -2.33. The van der Waals surface area contributed by atoms with Gasteiger partial charge in [0.1, 0.15) is 17.7 Å². The zero-order valence-electron chi connectivity index (χ0n) is 9.93. The molecule has 6 nitrogen and oxygen atoms in total. The summed E-state index contributed by atoms with van der Waals surface area (Å²) in [6.07, 6.45) is 0.502. The van der Waals surface area contributed by atoms with Crippen LogP contribution in [0.25, 0.3) is 0 Å². The van der Waals surface area contributed by atoms with Gasteiger partial charge in [0, 0.05) is 6.54 Å². The summed E-state index contributed by atoms with van der Waals surface area (Å²) < 4.78 is 6.56. The Kier molecular flexibility index (Phi) is 4.42. The first kappa shape index (κ1) is 12.6. The van der Waals surface area contributed by atoms with E-state index in [4.69, 9.17) is 10.5 Å². The summed E-state index contributed by atoms with van der Waals surface area (Å²) in [4.78, 5) is 15.4. The van der Waals surface area contributed by atoms with E-state index in [1.165, 1.54) is 0 Å². The van der Waals surface area contributed by atoms with Crippen molar-refractivity contribution in [1.29, 1.82) is 0 Å². The Balaban J connectivity index is 2.45. The number of esters is 1. The summed E-state index contributed by atoms with van der Waals surface area (Å²) in [6, 6.07) is -0.594. The summed E-state index contributed by atoms with van der Waals surface area (Å²) in [7, 11) is 0. The summed E-state index contributed by atoms with van der Waals surface area (Å²) in [5.74, 6) is 1.19. The Hall–Kier alpha value is -1.43. The fraction of sp³-hybridized carbons (Fsp3) is 0.700. The number of aromatic nitrogens is 3. The number of hydrogen-bond donors (Lipinski definition) is 1. The second-order valence-corrected chi connectivity index (χ2v) is 3.58. The molecular weight excluding hydrogens is 208 g/mol. The first-order valence-corrected chi connectivity index (χ1v) is 5.34. The SMILES string of the molecule is CCOC(=O)C(N)CCn1nc(C)nc1C. The van der Waals surface area contributed by atoms with E-state index in [1.807, 2.05) is 13.8 Å². The molecule has 0 saturated carbocycles. The van der Waals surface area contributed by atoms with E-state index in [0.29, 0.717) is 19.6 Å². The standard InChI is InChI=1S/C10H18N4O2/c1-4-16-10(15)9(11)5-6-14-8(3)12-7(2)13-14/h9H,4-6,11H2,1-3H3. The van der Waals surface area contributed by atoms with E-state index in [0.717, 1.165) is 11.6 Å². The van der Waals surface area contributed by atoms with Crippen molar-refractivity contribution in [3.8, 4) is 0 Å². The third kappa shape index (κ3) is 3.30. The number of rotatable bonds is 5. The normalized spacial score (nSPS) is 12.5. The van der Waals surface area contributed by atoms with Crippen molar-refractivity contribution in [2.24, 2.45) is 5.73 Å². The minimum atomic E-state index is -0.594. The molecule has 1 aromatic rings. The maximum Gasteiger partial charge on any atom is 0.322 e. The van der Waals surface area contributed by atoms with Crippen LogP contribution in [-0.2, 0) is 16.1 Å². The van der Waals surface area contributed by atoms with Crippen LogP contribution < -0.4 is 5.73 Å². The highest BCUT2D eigenvalue weighted by Gasteiger charge is 2.15. The molecule has 0 spiro atoms. The minimum absolute atomic E-state index is 0.355. The van der Waals surface area contributed by atoms with Gasteiger partial charge < -0.3 is 10.5 Å². The van der Waals surface area contributed by atoms with E-state index >= 15 is 0 Å². The predicted octanol–water partition coefficient (Wildman–Crippen LogP) is 0.175. The molecule has 16 heavy (non-hydrogen) atoms. The molecule has 1 heterocycles. The van der Waals surface area contributed by atoms with Crippen LogP contribution in [0.2, 0.25) is 0 Å². The van der Waals surface area contributed by atoms with Gasteiger partial charge in [-0.2, -0.15) is 5.10 Å². The van der Waals surface area contributed by atoms with Gasteiger partial charge in [0.15, 0.2) is 0 Å². The van der Waals surface area contributed by atoms with Crippen molar-refractivity contribution in [1.82, 2.24) is 14.8 Å². The van der Waals surface area contributed by atoms with E-state index in [1.54, 1.807) is 11.6 Å². The Morgan fingerprint density at radius 2 is 2.25 bits per heavy atom. The number of carbonyl (C=O) groups is 1. The molecule has 1 rings (SSSR count). The van der Waals surface area contributed by atoms with Crippen LogP contribution in [-0.4, -0.2) is 33.4 Å². The van der Waals surface area contributed by atoms with Gasteiger partial charge in [-0.15, -0.1) is 0 Å². The Morgan fingerprint density at radius 1 is 1.56 bits per heavy atom. The number of nitrogens with zero attached hydrogens (tertiary/aromatic N) is 3. The van der Waals surface area contributed by atoms with Crippen LogP contribution in [0.1, 0.15) is 25.0 Å². The van der Waals surface area contributed by atoms with Crippen molar-refractivity contribution in [2.75, 3.05) is 6.61 Å². The van der Waals surface area contributed by atoms with Crippen molar-refractivity contribution in [3.05, 3.63) is 11.6 Å². The number of hydrogen-bond acceptors (Lipinski definition) is 5. The molecule has 0 bridgehead atoms. The first-order valence-electron chi connectivity index (χ1n) is 5.34. The molecule has 1 unspecified atom stereocenters. The lowest BCUT2D eigenvalue weighted by Gasteiger charge is -2.10. The average molecular weight is 226 g/mol. The minimum Gasteiger partial charge on any atom is -0.465 e. The highest BCUT2D eigenvalue weighted by Crippen LogP contribution is 2.00. The topological polar surface area (TPSA) is 83.0 Å². The van der Waals surface area contributed by atoms with Gasteiger partial charge in [-0.1, -0.05) is 0 Å². The van der Waals surface area contributed by atoms with E-state index in [9.17, 15) is 4.79 Å². The van der Waals surface area contributed by atoms with Gasteiger partial charge in [-0.25, -0.2) is 4.98 Å². The smallest absolute Gasteiger partial charge is 0.322 e. The molecule has 1 atom stereocenters.